The van der Waals surface area contributed by atoms with Gasteiger partial charge >= 0.3 is 6.03 Å². The number of hydrogen-bond acceptors (Lipinski definition) is 6. The number of aryl methyl sites for hydroxylation is 2. The topological polar surface area (TPSA) is 115 Å². The number of pyridine rings is 1. The maximum Gasteiger partial charge on any atom is 0.333 e. The first-order chi connectivity index (χ1) is 14.8. The lowest BCUT2D eigenvalue weighted by molar-refractivity contribution is 0.256. The molecule has 0 radical (unpaired) electrons. The van der Waals surface area contributed by atoms with Gasteiger partial charge in [0, 0.05) is 17.7 Å². The normalized spacial score (nSPS) is 19.0. The second-order valence-electron chi connectivity index (χ2n) is 9.13. The molecule has 0 unspecified atom stereocenters. The minimum Gasteiger partial charge on any atom is -0.477 e. The molecule has 2 aromatic rings. The quantitative estimate of drug-likeness (QED) is 0.751. The van der Waals surface area contributed by atoms with E-state index in [1.54, 1.807) is 0 Å². The summed E-state index contributed by atoms with van der Waals surface area (Å²) >= 11 is 0. The van der Waals surface area contributed by atoms with Crippen LogP contribution in [-0.2, 0) is 41.2 Å². The molecule has 2 aliphatic carbocycles. The zero-order valence-corrected chi connectivity index (χ0v) is 18.6. The number of anilines is 1. The Morgan fingerprint density at radius 1 is 1.16 bits per heavy atom. The molecule has 2 N–H and O–H groups in total. The predicted octanol–water partition coefficient (Wildman–Crippen LogP) is 2.67. The lowest BCUT2D eigenvalue weighted by Crippen LogP contribution is -2.35. The molecule has 31 heavy (non-hydrogen) atoms. The van der Waals surface area contributed by atoms with E-state index in [-0.39, 0.29) is 16.2 Å². The zero-order chi connectivity index (χ0) is 21.8. The SMILES string of the molecule is CC1(C)CCc2c1nc1c(c2NC(=O)NS(=O)(=O)c2cnn3c2OCCCC3)CCC1. The van der Waals surface area contributed by atoms with Crippen molar-refractivity contribution in [2.45, 2.75) is 75.6 Å². The van der Waals surface area contributed by atoms with Crippen LogP contribution >= 0.6 is 0 Å². The second-order valence-corrected chi connectivity index (χ2v) is 10.8. The van der Waals surface area contributed by atoms with Crippen LogP contribution in [-0.4, -0.2) is 35.8 Å². The first-order valence-corrected chi connectivity index (χ1v) is 12.3. The highest BCUT2D eigenvalue weighted by molar-refractivity contribution is 7.90. The van der Waals surface area contributed by atoms with E-state index in [9.17, 15) is 13.2 Å². The van der Waals surface area contributed by atoms with Crippen molar-refractivity contribution in [1.29, 1.82) is 0 Å². The number of fused-ring (bicyclic) bond motifs is 3. The van der Waals surface area contributed by atoms with Gasteiger partial charge in [0.1, 0.15) is 0 Å². The summed E-state index contributed by atoms with van der Waals surface area (Å²) in [6, 6.07) is -0.777. The van der Waals surface area contributed by atoms with Gasteiger partial charge in [-0.15, -0.1) is 0 Å². The lowest BCUT2D eigenvalue weighted by Gasteiger charge is -2.21. The highest BCUT2D eigenvalue weighted by Gasteiger charge is 2.37. The van der Waals surface area contributed by atoms with Gasteiger partial charge in [0.15, 0.2) is 4.90 Å². The van der Waals surface area contributed by atoms with Crippen LogP contribution in [0.25, 0.3) is 0 Å². The fourth-order valence-corrected chi connectivity index (χ4v) is 5.81. The van der Waals surface area contributed by atoms with Crippen LogP contribution in [0.2, 0.25) is 0 Å². The van der Waals surface area contributed by atoms with Gasteiger partial charge in [-0.25, -0.2) is 22.6 Å². The Bertz CT molecular complexity index is 1170. The van der Waals surface area contributed by atoms with Crippen molar-refractivity contribution in [3.63, 3.8) is 0 Å². The Kier molecular flexibility index (Phi) is 4.72. The van der Waals surface area contributed by atoms with Crippen molar-refractivity contribution in [3.05, 3.63) is 28.7 Å². The average molecular weight is 446 g/mol. The summed E-state index contributed by atoms with van der Waals surface area (Å²) in [5.41, 5.74) is 4.77. The van der Waals surface area contributed by atoms with E-state index in [1.807, 2.05) is 0 Å². The molecule has 166 valence electrons. The van der Waals surface area contributed by atoms with Crippen LogP contribution in [0.15, 0.2) is 11.1 Å². The summed E-state index contributed by atoms with van der Waals surface area (Å²) in [4.78, 5) is 17.6. The number of hydrogen-bond donors (Lipinski definition) is 2. The van der Waals surface area contributed by atoms with Crippen LogP contribution in [0.5, 0.6) is 5.88 Å². The number of nitrogens with one attached hydrogen (secondary N) is 2. The Hall–Kier alpha value is -2.62. The van der Waals surface area contributed by atoms with Crippen molar-refractivity contribution in [2.24, 2.45) is 0 Å². The van der Waals surface area contributed by atoms with Gasteiger partial charge in [-0.2, -0.15) is 5.10 Å². The van der Waals surface area contributed by atoms with Gasteiger partial charge in [-0.05, 0) is 56.1 Å². The van der Waals surface area contributed by atoms with Crippen molar-refractivity contribution in [2.75, 3.05) is 11.9 Å². The third-order valence-corrected chi connectivity index (χ3v) is 7.80. The first kappa shape index (κ1) is 20.3. The molecule has 0 fully saturated rings. The monoisotopic (exact) mass is 445 g/mol. The Balaban J connectivity index is 1.43. The van der Waals surface area contributed by atoms with Gasteiger partial charge < -0.3 is 10.1 Å². The molecule has 0 atom stereocenters. The second kappa shape index (κ2) is 7.22. The highest BCUT2D eigenvalue weighted by atomic mass is 32.2. The van der Waals surface area contributed by atoms with Crippen molar-refractivity contribution >= 4 is 21.7 Å². The van der Waals surface area contributed by atoms with E-state index in [0.29, 0.717) is 13.2 Å². The molecule has 0 saturated heterocycles. The number of carbonyl (C=O) groups is 1. The molecular weight excluding hydrogens is 418 g/mol. The molecule has 1 aliphatic heterocycles. The third-order valence-electron chi connectivity index (χ3n) is 6.48. The molecular formula is C21H27N5O4S. The number of ether oxygens (including phenoxy) is 1. The Morgan fingerprint density at radius 3 is 2.84 bits per heavy atom. The van der Waals surface area contributed by atoms with Gasteiger partial charge in [0.25, 0.3) is 10.0 Å². The van der Waals surface area contributed by atoms with Crippen molar-refractivity contribution in [3.8, 4) is 5.88 Å². The summed E-state index contributed by atoms with van der Waals surface area (Å²) in [6.07, 6.45) is 7.39. The summed E-state index contributed by atoms with van der Waals surface area (Å²) < 4.78 is 35.1. The van der Waals surface area contributed by atoms with Crippen LogP contribution in [0, 0.1) is 0 Å². The fraction of sp³-hybridized carbons (Fsp3) is 0.571. The van der Waals surface area contributed by atoms with Gasteiger partial charge in [-0.1, -0.05) is 13.8 Å². The summed E-state index contributed by atoms with van der Waals surface area (Å²) in [6.45, 7) is 5.33. The number of aromatic nitrogens is 3. The molecule has 0 saturated carbocycles. The predicted molar refractivity (Wildman–Crippen MR) is 114 cm³/mol. The van der Waals surface area contributed by atoms with E-state index >= 15 is 0 Å². The maximum absolute atomic E-state index is 12.9. The standard InChI is InChI=1S/C21H27N5O4S/c1-21(2)9-8-14-17(13-6-5-7-15(13)23-18(14)21)24-20(27)25-31(28,29)16-12-22-26-10-3-4-11-30-19(16)26/h12H,3-11H2,1-2H3,(H2,23,24,25,27). The summed E-state index contributed by atoms with van der Waals surface area (Å²) in [5, 5.41) is 6.97. The summed E-state index contributed by atoms with van der Waals surface area (Å²) in [7, 11) is -4.13. The minimum atomic E-state index is -4.13. The maximum atomic E-state index is 12.9. The number of rotatable bonds is 3. The Labute approximate surface area is 181 Å². The third kappa shape index (κ3) is 3.46. The van der Waals surface area contributed by atoms with Crippen LogP contribution in [0.3, 0.4) is 0 Å². The van der Waals surface area contributed by atoms with E-state index in [2.05, 4.69) is 29.0 Å². The molecule has 0 spiro atoms. The number of urea groups is 1. The number of amides is 2. The van der Waals surface area contributed by atoms with Crippen LogP contribution in [0.4, 0.5) is 10.5 Å². The minimum absolute atomic E-state index is 0.0565. The molecule has 0 bridgehead atoms. The van der Waals surface area contributed by atoms with Crippen molar-refractivity contribution < 1.29 is 17.9 Å². The van der Waals surface area contributed by atoms with Gasteiger partial charge in [0.2, 0.25) is 5.88 Å². The van der Waals surface area contributed by atoms with Gasteiger partial charge in [0.05, 0.1) is 24.2 Å². The van der Waals surface area contributed by atoms with Gasteiger partial charge in [-0.3, -0.25) is 4.98 Å². The average Bonchev–Trinajstić information content (AvgIpc) is 3.36. The molecule has 5 rings (SSSR count). The number of nitrogens with zero attached hydrogens (tertiary/aromatic N) is 3. The van der Waals surface area contributed by atoms with E-state index < -0.39 is 16.1 Å². The highest BCUT2D eigenvalue weighted by Crippen LogP contribution is 2.44. The first-order valence-electron chi connectivity index (χ1n) is 10.8. The van der Waals surface area contributed by atoms with E-state index in [1.165, 1.54) is 10.9 Å². The molecule has 10 heteroatoms. The van der Waals surface area contributed by atoms with Crippen LogP contribution < -0.4 is 14.8 Å². The summed E-state index contributed by atoms with van der Waals surface area (Å²) in [5.74, 6) is 0.185. The molecule has 2 amide bonds. The fourth-order valence-electron chi connectivity index (χ4n) is 4.83. The van der Waals surface area contributed by atoms with Crippen molar-refractivity contribution in [1.82, 2.24) is 19.5 Å². The molecule has 3 heterocycles. The molecule has 3 aliphatic rings. The Morgan fingerprint density at radius 2 is 2.00 bits per heavy atom. The lowest BCUT2D eigenvalue weighted by atomic mass is 9.90. The van der Waals surface area contributed by atoms with E-state index in [0.717, 1.165) is 73.1 Å². The van der Waals surface area contributed by atoms with E-state index in [4.69, 9.17) is 9.72 Å². The molecule has 2 aromatic heterocycles. The largest absolute Gasteiger partial charge is 0.477 e. The number of sulfonamides is 1. The molecule has 0 aromatic carbocycles. The molecule has 9 nitrogen and oxygen atoms in total. The zero-order valence-electron chi connectivity index (χ0n) is 17.8. The number of carbonyl (C=O) groups excluding carboxylic acids is 1. The van der Waals surface area contributed by atoms with Crippen LogP contribution in [0.1, 0.15) is 62.0 Å². The smallest absolute Gasteiger partial charge is 0.333 e.